The Bertz CT molecular complexity index is 580. The summed E-state index contributed by atoms with van der Waals surface area (Å²) in [5, 5.41) is 3.30. The molecular formula is C24H43NO2Si. The fraction of sp³-hybridized carbons (Fsp3) is 0.708. The minimum Gasteiger partial charge on any atom is -0.405 e. The maximum Gasteiger partial charge on any atom is 0.248 e. The quantitative estimate of drug-likeness (QED) is 0.436. The lowest BCUT2D eigenvalue weighted by Gasteiger charge is -2.37. The third-order valence-corrected chi connectivity index (χ3v) is 10.2. The summed E-state index contributed by atoms with van der Waals surface area (Å²) in [5.41, 5.74) is 1.17. The van der Waals surface area contributed by atoms with Crippen molar-refractivity contribution in [1.82, 2.24) is 5.32 Å². The average molecular weight is 406 g/mol. The van der Waals surface area contributed by atoms with Gasteiger partial charge in [-0.1, -0.05) is 71.9 Å². The molecule has 0 aromatic heterocycles. The summed E-state index contributed by atoms with van der Waals surface area (Å²) in [4.78, 5) is 13.3. The Morgan fingerprint density at radius 1 is 1.00 bits per heavy atom. The molecule has 1 rings (SSSR count). The molecule has 28 heavy (non-hydrogen) atoms. The number of carbonyl (C=O) groups excluding carboxylic acids is 1. The lowest BCUT2D eigenvalue weighted by atomic mass is 9.81. The minimum absolute atomic E-state index is 0.0532. The van der Waals surface area contributed by atoms with E-state index >= 15 is 0 Å². The molecule has 0 heterocycles. The van der Waals surface area contributed by atoms with E-state index < -0.39 is 8.32 Å². The Morgan fingerprint density at radius 2 is 1.54 bits per heavy atom. The highest BCUT2D eigenvalue weighted by molar-refractivity contribution is 6.73. The van der Waals surface area contributed by atoms with Gasteiger partial charge in [0.25, 0.3) is 0 Å². The normalized spacial score (nSPS) is 14.0. The molecule has 1 aromatic carbocycles. The van der Waals surface area contributed by atoms with Gasteiger partial charge in [-0.25, -0.2) is 0 Å². The second kappa shape index (κ2) is 10.6. The zero-order valence-corrected chi connectivity index (χ0v) is 20.5. The summed E-state index contributed by atoms with van der Waals surface area (Å²) in [6, 6.07) is 13.6. The first-order valence-electron chi connectivity index (χ1n) is 11.0. The van der Waals surface area contributed by atoms with Crippen LogP contribution < -0.4 is 5.32 Å². The molecule has 1 atom stereocenters. The Labute approximate surface area is 174 Å². The van der Waals surface area contributed by atoms with E-state index in [2.05, 4.69) is 85.0 Å². The standard InChI is InChI=1S/C24H43NO2Si/c1-9-28(10-2,11-3)27-21(18-17-20-15-13-12-14-16-20)22(26)25-24(7,8)19-23(4,5)6/h12-16,21H,9-11,17-19H2,1-8H3,(H,25,26). The lowest BCUT2D eigenvalue weighted by molar-refractivity contribution is -0.130. The van der Waals surface area contributed by atoms with Crippen LogP contribution in [0.5, 0.6) is 0 Å². The van der Waals surface area contributed by atoms with Crippen LogP contribution in [0.4, 0.5) is 0 Å². The molecule has 0 saturated carbocycles. The van der Waals surface area contributed by atoms with E-state index in [0.29, 0.717) is 0 Å². The van der Waals surface area contributed by atoms with E-state index in [-0.39, 0.29) is 23.0 Å². The van der Waals surface area contributed by atoms with Gasteiger partial charge < -0.3 is 9.74 Å². The predicted molar refractivity (Wildman–Crippen MR) is 123 cm³/mol. The van der Waals surface area contributed by atoms with Crippen LogP contribution in [0.2, 0.25) is 18.1 Å². The van der Waals surface area contributed by atoms with Crippen LogP contribution in [0.3, 0.4) is 0 Å². The van der Waals surface area contributed by atoms with Crippen molar-refractivity contribution in [3.05, 3.63) is 35.9 Å². The minimum atomic E-state index is -1.86. The fourth-order valence-corrected chi connectivity index (χ4v) is 7.10. The van der Waals surface area contributed by atoms with Gasteiger partial charge in [0, 0.05) is 5.54 Å². The molecule has 1 aromatic rings. The van der Waals surface area contributed by atoms with Crippen molar-refractivity contribution in [3.63, 3.8) is 0 Å². The first-order valence-corrected chi connectivity index (χ1v) is 13.5. The molecule has 3 nitrogen and oxygen atoms in total. The summed E-state index contributed by atoms with van der Waals surface area (Å²) in [7, 11) is -1.86. The first-order chi connectivity index (χ1) is 13.0. The molecule has 0 bridgehead atoms. The van der Waals surface area contributed by atoms with Crippen LogP contribution in [-0.4, -0.2) is 25.9 Å². The Morgan fingerprint density at radius 3 is 2.00 bits per heavy atom. The highest BCUT2D eigenvalue weighted by Crippen LogP contribution is 2.28. The number of nitrogens with one attached hydrogen (secondary N) is 1. The van der Waals surface area contributed by atoms with Crippen molar-refractivity contribution in [2.75, 3.05) is 0 Å². The van der Waals surface area contributed by atoms with Gasteiger partial charge in [0.05, 0.1) is 0 Å². The van der Waals surface area contributed by atoms with Gasteiger partial charge in [-0.05, 0) is 62.2 Å². The van der Waals surface area contributed by atoms with E-state index in [0.717, 1.165) is 37.4 Å². The van der Waals surface area contributed by atoms with Crippen LogP contribution >= 0.6 is 0 Å². The molecule has 0 aliphatic heterocycles. The third kappa shape index (κ3) is 8.48. The average Bonchev–Trinajstić information content (AvgIpc) is 2.61. The van der Waals surface area contributed by atoms with Crippen molar-refractivity contribution in [2.24, 2.45) is 5.41 Å². The molecule has 0 aliphatic rings. The fourth-order valence-electron chi connectivity index (χ4n) is 4.27. The van der Waals surface area contributed by atoms with E-state index in [4.69, 9.17) is 4.43 Å². The van der Waals surface area contributed by atoms with Gasteiger partial charge in [0.15, 0.2) is 8.32 Å². The number of carbonyl (C=O) groups is 1. The zero-order chi connectivity index (χ0) is 21.4. The molecule has 1 amide bonds. The van der Waals surface area contributed by atoms with Gasteiger partial charge in [-0.3, -0.25) is 4.79 Å². The van der Waals surface area contributed by atoms with Gasteiger partial charge in [0.1, 0.15) is 6.10 Å². The van der Waals surface area contributed by atoms with Gasteiger partial charge in [-0.15, -0.1) is 0 Å². The number of hydrogen-bond donors (Lipinski definition) is 1. The van der Waals surface area contributed by atoms with Crippen molar-refractivity contribution >= 4 is 14.2 Å². The molecular weight excluding hydrogens is 362 g/mol. The van der Waals surface area contributed by atoms with Crippen LogP contribution in [0.15, 0.2) is 30.3 Å². The Balaban J connectivity index is 2.96. The van der Waals surface area contributed by atoms with Crippen LogP contribution in [0.1, 0.15) is 73.8 Å². The van der Waals surface area contributed by atoms with E-state index in [9.17, 15) is 4.79 Å². The summed E-state index contributed by atoms with van der Waals surface area (Å²) in [6.07, 6.45) is 2.15. The molecule has 0 aliphatic carbocycles. The smallest absolute Gasteiger partial charge is 0.248 e. The maximum absolute atomic E-state index is 13.3. The molecule has 0 saturated heterocycles. The summed E-state index contributed by atoms with van der Waals surface area (Å²) >= 11 is 0. The second-order valence-electron chi connectivity index (χ2n) is 9.99. The summed E-state index contributed by atoms with van der Waals surface area (Å²) < 4.78 is 6.67. The topological polar surface area (TPSA) is 38.3 Å². The van der Waals surface area contributed by atoms with Crippen molar-refractivity contribution in [1.29, 1.82) is 0 Å². The van der Waals surface area contributed by atoms with Crippen LogP contribution in [0.25, 0.3) is 0 Å². The summed E-state index contributed by atoms with van der Waals surface area (Å²) in [6.45, 7) is 17.5. The maximum atomic E-state index is 13.3. The monoisotopic (exact) mass is 405 g/mol. The number of amides is 1. The van der Waals surface area contributed by atoms with Crippen LogP contribution in [0, 0.1) is 5.41 Å². The molecule has 160 valence electrons. The van der Waals surface area contributed by atoms with Crippen molar-refractivity contribution in [3.8, 4) is 0 Å². The molecule has 0 radical (unpaired) electrons. The summed E-state index contributed by atoms with van der Waals surface area (Å²) in [5.74, 6) is 0.0532. The molecule has 4 heteroatoms. The van der Waals surface area contributed by atoms with E-state index in [1.807, 2.05) is 6.07 Å². The molecule has 1 N–H and O–H groups in total. The number of hydrogen-bond acceptors (Lipinski definition) is 2. The highest BCUT2D eigenvalue weighted by atomic mass is 28.4. The highest BCUT2D eigenvalue weighted by Gasteiger charge is 2.36. The van der Waals surface area contributed by atoms with E-state index in [1.165, 1.54) is 5.56 Å². The van der Waals surface area contributed by atoms with Gasteiger partial charge in [-0.2, -0.15) is 0 Å². The number of aryl methyl sites for hydroxylation is 1. The van der Waals surface area contributed by atoms with Crippen molar-refractivity contribution in [2.45, 2.75) is 104 Å². The van der Waals surface area contributed by atoms with Gasteiger partial charge >= 0.3 is 0 Å². The van der Waals surface area contributed by atoms with Gasteiger partial charge in [0.2, 0.25) is 5.91 Å². The van der Waals surface area contributed by atoms with E-state index in [1.54, 1.807) is 0 Å². The molecule has 0 spiro atoms. The number of benzene rings is 1. The largest absolute Gasteiger partial charge is 0.405 e. The molecule has 0 fully saturated rings. The predicted octanol–water partition coefficient (Wildman–Crippen LogP) is 6.34. The third-order valence-electron chi connectivity index (χ3n) is 5.59. The SMILES string of the molecule is CC[Si](CC)(CC)OC(CCc1ccccc1)C(=O)NC(C)(C)CC(C)(C)C. The Kier molecular flexibility index (Phi) is 9.42. The molecule has 1 unspecified atom stereocenters. The zero-order valence-electron chi connectivity index (χ0n) is 19.5. The van der Waals surface area contributed by atoms with Crippen molar-refractivity contribution < 1.29 is 9.22 Å². The lowest BCUT2D eigenvalue weighted by Crippen LogP contribution is -2.53. The number of rotatable bonds is 11. The van der Waals surface area contributed by atoms with Crippen LogP contribution in [-0.2, 0) is 15.6 Å². The second-order valence-corrected chi connectivity index (χ2v) is 14.7. The Hall–Kier alpha value is -1.13. The first kappa shape index (κ1) is 24.9.